The summed E-state index contributed by atoms with van der Waals surface area (Å²) >= 11 is 0. The van der Waals surface area contributed by atoms with Gasteiger partial charge in [-0.15, -0.1) is 0 Å². The molecule has 2 rings (SSSR count). The first-order valence-corrected chi connectivity index (χ1v) is 5.85. The smallest absolute Gasteiger partial charge is 0.0159 e. The van der Waals surface area contributed by atoms with E-state index in [4.69, 9.17) is 0 Å². The predicted octanol–water partition coefficient (Wildman–Crippen LogP) is 4.25. The Bertz CT molecular complexity index is 299. The maximum Gasteiger partial charge on any atom is -0.0159 e. The largest absolute Gasteiger partial charge is 0.0617 e. The maximum atomic E-state index is 2.34. The van der Waals surface area contributed by atoms with Crippen LogP contribution in [0.5, 0.6) is 0 Å². The van der Waals surface area contributed by atoms with Crippen LogP contribution in [-0.4, -0.2) is 0 Å². The third kappa shape index (κ3) is 1.70. The first-order chi connectivity index (χ1) is 6.74. The summed E-state index contributed by atoms with van der Waals surface area (Å²) < 4.78 is 0. The summed E-state index contributed by atoms with van der Waals surface area (Å²) in [6.07, 6.45) is 4.02. The fraction of sp³-hybridized carbons (Fsp3) is 0.571. The average molecular weight is 188 g/mol. The fourth-order valence-electron chi connectivity index (χ4n) is 2.35. The summed E-state index contributed by atoms with van der Waals surface area (Å²) in [6.45, 7) is 6.88. The molecule has 1 aliphatic carbocycles. The third-order valence-electron chi connectivity index (χ3n) is 3.24. The summed E-state index contributed by atoms with van der Waals surface area (Å²) in [5.74, 6) is 1.56. The summed E-state index contributed by atoms with van der Waals surface area (Å²) in [5, 5.41) is 0. The van der Waals surface area contributed by atoms with Crippen molar-refractivity contribution in [1.29, 1.82) is 0 Å². The fourth-order valence-corrected chi connectivity index (χ4v) is 2.35. The van der Waals surface area contributed by atoms with Gasteiger partial charge in [0.15, 0.2) is 0 Å². The lowest BCUT2D eigenvalue weighted by atomic mass is 9.90. The third-order valence-corrected chi connectivity index (χ3v) is 3.24. The van der Waals surface area contributed by atoms with Gasteiger partial charge < -0.3 is 0 Å². The monoisotopic (exact) mass is 188 g/mol. The van der Waals surface area contributed by atoms with Gasteiger partial charge in [-0.25, -0.2) is 0 Å². The highest BCUT2D eigenvalue weighted by Gasteiger charge is 2.26. The SMILES string of the molecule is CCc1c(C(C)C)cccc1C1CC1. The second kappa shape index (κ2) is 3.76. The minimum absolute atomic E-state index is 0.670. The van der Waals surface area contributed by atoms with Crippen molar-refractivity contribution in [2.24, 2.45) is 0 Å². The van der Waals surface area contributed by atoms with Gasteiger partial charge in [0.05, 0.1) is 0 Å². The zero-order chi connectivity index (χ0) is 10.1. The van der Waals surface area contributed by atoms with E-state index in [0.29, 0.717) is 5.92 Å². The zero-order valence-electron chi connectivity index (χ0n) is 9.51. The van der Waals surface area contributed by atoms with E-state index in [1.165, 1.54) is 19.3 Å². The van der Waals surface area contributed by atoms with Gasteiger partial charge in [-0.3, -0.25) is 0 Å². The van der Waals surface area contributed by atoms with Crippen LogP contribution in [0.25, 0.3) is 0 Å². The second-order valence-electron chi connectivity index (χ2n) is 4.70. The van der Waals surface area contributed by atoms with Crippen LogP contribution < -0.4 is 0 Å². The van der Waals surface area contributed by atoms with Crippen LogP contribution in [0.4, 0.5) is 0 Å². The summed E-state index contributed by atoms with van der Waals surface area (Å²) in [6, 6.07) is 6.87. The van der Waals surface area contributed by atoms with E-state index in [-0.39, 0.29) is 0 Å². The van der Waals surface area contributed by atoms with E-state index >= 15 is 0 Å². The molecule has 76 valence electrons. The summed E-state index contributed by atoms with van der Waals surface area (Å²) in [5.41, 5.74) is 4.83. The first kappa shape index (κ1) is 9.76. The lowest BCUT2D eigenvalue weighted by molar-refractivity contribution is 0.834. The second-order valence-corrected chi connectivity index (χ2v) is 4.70. The van der Waals surface area contributed by atoms with Gasteiger partial charge in [0.2, 0.25) is 0 Å². The van der Waals surface area contributed by atoms with E-state index in [9.17, 15) is 0 Å². The van der Waals surface area contributed by atoms with Gasteiger partial charge in [-0.05, 0) is 47.8 Å². The van der Waals surface area contributed by atoms with Crippen LogP contribution in [0.3, 0.4) is 0 Å². The molecule has 1 aromatic rings. The molecular weight excluding hydrogens is 168 g/mol. The van der Waals surface area contributed by atoms with Gasteiger partial charge in [0.25, 0.3) is 0 Å². The highest BCUT2D eigenvalue weighted by Crippen LogP contribution is 2.43. The van der Waals surface area contributed by atoms with Crippen LogP contribution >= 0.6 is 0 Å². The Labute approximate surface area is 87.3 Å². The van der Waals surface area contributed by atoms with Crippen molar-refractivity contribution in [3.05, 3.63) is 34.9 Å². The van der Waals surface area contributed by atoms with Crippen molar-refractivity contribution >= 4 is 0 Å². The summed E-state index contributed by atoms with van der Waals surface area (Å²) in [7, 11) is 0. The van der Waals surface area contributed by atoms with Gasteiger partial charge in [0.1, 0.15) is 0 Å². The average Bonchev–Trinajstić information content (AvgIpc) is 2.99. The molecule has 0 nitrogen and oxygen atoms in total. The Morgan fingerprint density at radius 1 is 1.29 bits per heavy atom. The van der Waals surface area contributed by atoms with Crippen LogP contribution in [0.1, 0.15) is 62.1 Å². The van der Waals surface area contributed by atoms with Crippen molar-refractivity contribution in [3.63, 3.8) is 0 Å². The highest BCUT2D eigenvalue weighted by molar-refractivity contribution is 5.40. The molecule has 0 unspecified atom stereocenters. The Morgan fingerprint density at radius 2 is 2.00 bits per heavy atom. The minimum atomic E-state index is 0.670. The quantitative estimate of drug-likeness (QED) is 0.665. The molecule has 0 radical (unpaired) electrons. The number of hydrogen-bond donors (Lipinski definition) is 0. The normalized spacial score (nSPS) is 16.3. The standard InChI is InChI=1S/C14H20/c1-4-12-13(10(2)3)6-5-7-14(12)11-8-9-11/h5-7,10-11H,4,8-9H2,1-3H3. The molecule has 14 heavy (non-hydrogen) atoms. The van der Waals surface area contributed by atoms with Crippen LogP contribution in [0, 0.1) is 0 Å². The molecule has 0 heterocycles. The molecular formula is C14H20. The predicted molar refractivity (Wildman–Crippen MR) is 61.9 cm³/mol. The Hall–Kier alpha value is -0.780. The van der Waals surface area contributed by atoms with E-state index < -0.39 is 0 Å². The molecule has 1 aliphatic rings. The topological polar surface area (TPSA) is 0 Å². The van der Waals surface area contributed by atoms with E-state index in [2.05, 4.69) is 39.0 Å². The lowest BCUT2D eigenvalue weighted by Gasteiger charge is -2.15. The van der Waals surface area contributed by atoms with Crippen molar-refractivity contribution in [3.8, 4) is 0 Å². The van der Waals surface area contributed by atoms with E-state index in [1.807, 2.05) is 0 Å². The van der Waals surface area contributed by atoms with Crippen molar-refractivity contribution in [2.75, 3.05) is 0 Å². The minimum Gasteiger partial charge on any atom is -0.0617 e. The molecule has 0 atom stereocenters. The number of benzene rings is 1. The lowest BCUT2D eigenvalue weighted by Crippen LogP contribution is -1.99. The maximum absolute atomic E-state index is 2.34. The van der Waals surface area contributed by atoms with Crippen molar-refractivity contribution in [1.82, 2.24) is 0 Å². The van der Waals surface area contributed by atoms with Gasteiger partial charge in [0, 0.05) is 0 Å². The molecule has 0 N–H and O–H groups in total. The van der Waals surface area contributed by atoms with Crippen molar-refractivity contribution in [2.45, 2.75) is 51.9 Å². The number of hydrogen-bond acceptors (Lipinski definition) is 0. The zero-order valence-corrected chi connectivity index (χ0v) is 9.51. The molecule has 1 aromatic carbocycles. The van der Waals surface area contributed by atoms with Crippen molar-refractivity contribution < 1.29 is 0 Å². The molecule has 0 bridgehead atoms. The molecule has 0 heteroatoms. The Morgan fingerprint density at radius 3 is 2.50 bits per heavy atom. The highest BCUT2D eigenvalue weighted by atomic mass is 14.3. The number of rotatable bonds is 3. The van der Waals surface area contributed by atoms with Gasteiger partial charge in [-0.1, -0.05) is 39.0 Å². The molecule has 1 saturated carbocycles. The van der Waals surface area contributed by atoms with E-state index in [1.54, 1.807) is 16.7 Å². The summed E-state index contributed by atoms with van der Waals surface area (Å²) in [4.78, 5) is 0. The molecule has 0 spiro atoms. The Kier molecular flexibility index (Phi) is 2.62. The van der Waals surface area contributed by atoms with Gasteiger partial charge >= 0.3 is 0 Å². The molecule has 0 saturated heterocycles. The molecule has 1 fully saturated rings. The van der Waals surface area contributed by atoms with Crippen LogP contribution in [0.2, 0.25) is 0 Å². The Balaban J connectivity index is 2.44. The molecule has 0 amide bonds. The van der Waals surface area contributed by atoms with Gasteiger partial charge in [-0.2, -0.15) is 0 Å². The van der Waals surface area contributed by atoms with Crippen LogP contribution in [0.15, 0.2) is 18.2 Å². The van der Waals surface area contributed by atoms with Crippen LogP contribution in [-0.2, 0) is 6.42 Å². The molecule has 0 aliphatic heterocycles. The molecule has 0 aromatic heterocycles. The first-order valence-electron chi connectivity index (χ1n) is 5.85. The van der Waals surface area contributed by atoms with E-state index in [0.717, 1.165) is 5.92 Å².